The fourth-order valence-corrected chi connectivity index (χ4v) is 6.58. The van der Waals surface area contributed by atoms with Crippen LogP contribution in [0.15, 0.2) is 22.6 Å². The van der Waals surface area contributed by atoms with Crippen molar-refractivity contribution < 1.29 is 9.40 Å². The Morgan fingerprint density at radius 2 is 1.32 bits per heavy atom. The molecule has 2 aromatic heterocycles. The third-order valence-electron chi connectivity index (χ3n) is 8.66. The van der Waals surface area contributed by atoms with E-state index in [2.05, 4.69) is 83.6 Å². The highest BCUT2D eigenvalue weighted by atomic mass is 16.4. The van der Waals surface area contributed by atoms with Gasteiger partial charge >= 0.3 is 5.89 Å². The van der Waals surface area contributed by atoms with Crippen molar-refractivity contribution >= 4 is 44.5 Å². The highest BCUT2D eigenvalue weighted by Crippen LogP contribution is 2.39. The molecule has 0 amide bonds. The van der Waals surface area contributed by atoms with Crippen LogP contribution in [0.5, 0.6) is 0 Å². The Balaban J connectivity index is 1.97. The summed E-state index contributed by atoms with van der Waals surface area (Å²) in [6.07, 6.45) is 7.76. The zero-order chi connectivity index (χ0) is 28.6. The van der Waals surface area contributed by atoms with Gasteiger partial charge in [-0.3, -0.25) is 0 Å². The van der Waals surface area contributed by atoms with Gasteiger partial charge in [0.15, 0.2) is 0 Å². The Labute approximate surface area is 239 Å². The molecule has 2 N–H and O–H groups in total. The fourth-order valence-electron chi connectivity index (χ4n) is 6.58. The number of aromatic nitrogens is 4. The van der Waals surface area contributed by atoms with Crippen LogP contribution in [0.2, 0.25) is 0 Å². The van der Waals surface area contributed by atoms with E-state index in [0.717, 1.165) is 97.0 Å². The molecule has 0 atom stereocenters. The van der Waals surface area contributed by atoms with Crippen LogP contribution < -0.4 is 4.98 Å². The Morgan fingerprint density at radius 3 is 1.98 bits per heavy atom. The van der Waals surface area contributed by atoms with Crippen LogP contribution in [0.4, 0.5) is 0 Å². The zero-order valence-electron chi connectivity index (χ0n) is 25.7. The minimum atomic E-state index is 0.745. The van der Waals surface area contributed by atoms with Gasteiger partial charge in [0.05, 0.1) is 22.7 Å². The molecule has 0 saturated carbocycles. The first-order valence-electron chi connectivity index (χ1n) is 15.4. The van der Waals surface area contributed by atoms with E-state index in [4.69, 9.17) is 14.4 Å². The lowest BCUT2D eigenvalue weighted by molar-refractivity contribution is -0.398. The molecule has 0 aromatic carbocycles. The van der Waals surface area contributed by atoms with Crippen LogP contribution in [-0.2, 0) is 6.42 Å². The predicted octanol–water partition coefficient (Wildman–Crippen LogP) is 9.57. The zero-order valence-corrected chi connectivity index (χ0v) is 25.7. The van der Waals surface area contributed by atoms with Crippen molar-refractivity contribution in [3.63, 3.8) is 0 Å². The number of H-pyrrole nitrogens is 2. The van der Waals surface area contributed by atoms with Gasteiger partial charge in [-0.2, -0.15) is 4.98 Å². The first-order valence-corrected chi connectivity index (χ1v) is 15.4. The fraction of sp³-hybridized carbons (Fsp3) is 0.457. The van der Waals surface area contributed by atoms with Crippen LogP contribution in [0, 0.1) is 6.92 Å². The maximum absolute atomic E-state index is 6.77. The van der Waals surface area contributed by atoms with Gasteiger partial charge in [0.1, 0.15) is 0 Å². The average Bonchev–Trinajstić information content (AvgIpc) is 3.62. The number of aryl methyl sites for hydroxylation is 2. The maximum atomic E-state index is 6.77. The van der Waals surface area contributed by atoms with Gasteiger partial charge in [0.25, 0.3) is 0 Å². The molecule has 0 unspecified atom stereocenters. The highest BCUT2D eigenvalue weighted by Gasteiger charge is 2.30. The minimum absolute atomic E-state index is 0.745. The second-order valence-electron chi connectivity index (χ2n) is 11.1. The summed E-state index contributed by atoms with van der Waals surface area (Å²) in [7, 11) is 0. The molecule has 0 spiro atoms. The summed E-state index contributed by atoms with van der Waals surface area (Å²) in [5, 5.41) is 0. The molecule has 3 aliphatic heterocycles. The molecule has 5 rings (SSSR count). The van der Waals surface area contributed by atoms with Gasteiger partial charge < -0.3 is 9.40 Å². The molecule has 3 aliphatic rings. The highest BCUT2D eigenvalue weighted by molar-refractivity contribution is 5.94. The first kappa shape index (κ1) is 28.1. The van der Waals surface area contributed by atoms with Crippen molar-refractivity contribution in [1.29, 1.82) is 0 Å². The summed E-state index contributed by atoms with van der Waals surface area (Å²) in [5.74, 6) is 1.58. The van der Waals surface area contributed by atoms with E-state index in [1.54, 1.807) is 0 Å². The summed E-state index contributed by atoms with van der Waals surface area (Å²) >= 11 is 0. The second-order valence-corrected chi connectivity index (χ2v) is 11.1. The van der Waals surface area contributed by atoms with E-state index in [0.29, 0.717) is 0 Å². The van der Waals surface area contributed by atoms with E-state index in [9.17, 15) is 0 Å². The van der Waals surface area contributed by atoms with Gasteiger partial charge in [0.2, 0.25) is 11.6 Å². The van der Waals surface area contributed by atoms with E-state index < -0.39 is 0 Å². The smallest absolute Gasteiger partial charge is 0.377 e. The quantitative estimate of drug-likeness (QED) is 0.364. The van der Waals surface area contributed by atoms with Crippen molar-refractivity contribution in [1.82, 2.24) is 15.0 Å². The van der Waals surface area contributed by atoms with Gasteiger partial charge in [-0.1, -0.05) is 54.4 Å². The summed E-state index contributed by atoms with van der Waals surface area (Å²) in [6.45, 7) is 17.8. The topological polar surface area (TPSA) is 68.8 Å². The monoisotopic (exact) mass is 537 g/mol. The molecular weight excluding hydrogens is 492 g/mol. The van der Waals surface area contributed by atoms with Gasteiger partial charge in [0, 0.05) is 28.2 Å². The predicted molar refractivity (Wildman–Crippen MR) is 168 cm³/mol. The Kier molecular flexibility index (Phi) is 8.11. The summed E-state index contributed by atoms with van der Waals surface area (Å²) in [5.41, 5.74) is 16.7. The van der Waals surface area contributed by atoms with E-state index in [1.807, 2.05) is 0 Å². The number of hydrogen-bond acceptors (Lipinski definition) is 3. The summed E-state index contributed by atoms with van der Waals surface area (Å²) in [6, 6.07) is 6.73. The molecular formula is C35H45N4O+. The van der Waals surface area contributed by atoms with Crippen LogP contribution in [0.1, 0.15) is 139 Å². The molecule has 40 heavy (non-hydrogen) atoms. The number of hydrogen-bond donors (Lipinski definition) is 1. The second kappa shape index (κ2) is 11.6. The van der Waals surface area contributed by atoms with Crippen LogP contribution in [-0.4, -0.2) is 15.0 Å². The number of nitrogens with zero attached hydrogens (tertiary/aromatic N) is 2. The van der Waals surface area contributed by atoms with Gasteiger partial charge in [-0.25, -0.2) is 9.97 Å². The molecule has 2 aromatic rings. The number of rotatable bonds is 8. The molecule has 0 saturated heterocycles. The molecule has 0 fully saturated rings. The third-order valence-corrected chi connectivity index (χ3v) is 8.66. The van der Waals surface area contributed by atoms with Crippen LogP contribution >= 0.6 is 0 Å². The number of aromatic amines is 2. The van der Waals surface area contributed by atoms with E-state index >= 15 is 0 Å². The standard InChI is InChI=1S/C35H44N4O/c1-9-15-26-24(13-5)32-17-28-20(7)22(11-3)30(36-28)19-31-23(12-4)21(8)29(37-31)18-33-25(14-6)27(16-10-2)35(39-33)40-34(26)38-32/h17-19,36H,9-16H2,1-8H3/p+1. The summed E-state index contributed by atoms with van der Waals surface area (Å²) < 4.78 is 6.77. The lowest BCUT2D eigenvalue weighted by atomic mass is 9.99. The summed E-state index contributed by atoms with van der Waals surface area (Å²) in [4.78, 5) is 17.8. The molecule has 0 radical (unpaired) electrons. The van der Waals surface area contributed by atoms with Crippen molar-refractivity contribution in [2.45, 2.75) is 107 Å². The lowest BCUT2D eigenvalue weighted by Crippen LogP contribution is -2.07. The molecule has 8 bridgehead atoms. The molecule has 5 heterocycles. The molecule has 0 aliphatic carbocycles. The largest absolute Gasteiger partial charge is 0.386 e. The SMILES string of the molecule is CCCC1=C(CC)c2cc3[nH]c(cc4nc(cc5[nH+]c(oc1n2)C(CCC)=C5CC)C(C)=C4CC)c(CC)c3C. The van der Waals surface area contributed by atoms with Crippen molar-refractivity contribution in [2.75, 3.05) is 0 Å². The first-order chi connectivity index (χ1) is 19.4. The lowest BCUT2D eigenvalue weighted by Gasteiger charge is -2.03. The van der Waals surface area contributed by atoms with Crippen molar-refractivity contribution in [3.8, 4) is 0 Å². The number of allylic oxidation sites excluding steroid dienone is 6. The van der Waals surface area contributed by atoms with Gasteiger partial charge in [-0.05, 0) is 92.4 Å². The Bertz CT molecular complexity index is 1620. The molecule has 5 heteroatoms. The minimum Gasteiger partial charge on any atom is -0.386 e. The maximum Gasteiger partial charge on any atom is 0.377 e. The van der Waals surface area contributed by atoms with Gasteiger partial charge in [-0.15, -0.1) is 0 Å². The Morgan fingerprint density at radius 1 is 0.675 bits per heavy atom. The van der Waals surface area contributed by atoms with Crippen LogP contribution in [0.3, 0.4) is 0 Å². The van der Waals surface area contributed by atoms with Crippen molar-refractivity contribution in [3.05, 3.63) is 63.9 Å². The van der Waals surface area contributed by atoms with Crippen LogP contribution in [0.25, 0.3) is 44.5 Å². The van der Waals surface area contributed by atoms with E-state index in [-0.39, 0.29) is 0 Å². The number of fused-ring (bicyclic) bond motifs is 8. The van der Waals surface area contributed by atoms with E-state index in [1.165, 1.54) is 44.6 Å². The molecule has 210 valence electrons. The number of nitrogens with one attached hydrogen (secondary N) is 2. The average molecular weight is 538 g/mol. The molecule has 5 nitrogen and oxygen atoms in total. The van der Waals surface area contributed by atoms with Crippen molar-refractivity contribution in [2.24, 2.45) is 0 Å². The Hall–Kier alpha value is -3.47. The normalized spacial score (nSPS) is 14.5. The third kappa shape index (κ3) is 4.74.